The topological polar surface area (TPSA) is 98.1 Å². The van der Waals surface area contributed by atoms with E-state index >= 15 is 0 Å². The molecule has 0 spiro atoms. The third kappa shape index (κ3) is 2.49. The molecule has 0 radical (unpaired) electrons. The van der Waals surface area contributed by atoms with Gasteiger partial charge in [-0.3, -0.25) is 9.59 Å². The molecule has 92 valence electrons. The molecule has 0 saturated carbocycles. The fourth-order valence-electron chi connectivity index (χ4n) is 1.26. The average molecular weight is 266 g/mol. The Labute approximate surface area is 106 Å². The third-order valence-corrected chi connectivity index (χ3v) is 2.43. The average Bonchev–Trinajstić information content (AvgIpc) is 2.35. The second-order valence-corrected chi connectivity index (χ2v) is 3.72. The normalized spacial score (nSPS) is 10.1. The van der Waals surface area contributed by atoms with Gasteiger partial charge in [0.25, 0.3) is 5.56 Å². The van der Waals surface area contributed by atoms with Gasteiger partial charge in [-0.2, -0.15) is 0 Å². The zero-order chi connectivity index (χ0) is 13.1. The van der Waals surface area contributed by atoms with Crippen LogP contribution in [-0.2, 0) is 0 Å². The minimum atomic E-state index is -0.578. The van der Waals surface area contributed by atoms with E-state index in [0.717, 1.165) is 0 Å². The number of halogens is 1. The fraction of sp³-hybridized carbons (Fsp3) is 0. The molecule has 2 aromatic rings. The number of carbonyl (C=O) groups is 1. The molecular weight excluding hydrogens is 258 g/mol. The van der Waals surface area contributed by atoms with Crippen molar-refractivity contribution >= 4 is 17.5 Å². The summed E-state index contributed by atoms with van der Waals surface area (Å²) in [6, 6.07) is 6.16. The Hall–Kier alpha value is -2.34. The van der Waals surface area contributed by atoms with E-state index in [1.165, 1.54) is 12.4 Å². The van der Waals surface area contributed by atoms with Crippen molar-refractivity contribution in [1.82, 2.24) is 9.97 Å². The lowest BCUT2D eigenvalue weighted by Gasteiger charge is -2.06. The van der Waals surface area contributed by atoms with Crippen molar-refractivity contribution in [2.75, 3.05) is 0 Å². The summed E-state index contributed by atoms with van der Waals surface area (Å²) in [4.78, 5) is 28.3. The summed E-state index contributed by atoms with van der Waals surface area (Å²) in [7, 11) is 0. The predicted octanol–water partition coefficient (Wildman–Crippen LogP) is 1.31. The number of benzene rings is 1. The first-order chi connectivity index (χ1) is 8.58. The zero-order valence-corrected chi connectivity index (χ0v) is 9.77. The first kappa shape index (κ1) is 12.1. The quantitative estimate of drug-likeness (QED) is 0.874. The molecule has 1 aromatic carbocycles. The summed E-state index contributed by atoms with van der Waals surface area (Å²) in [5, 5.41) is -0.165. The molecule has 1 amide bonds. The number of carbonyl (C=O) groups excluding carboxylic acids is 1. The van der Waals surface area contributed by atoms with Gasteiger partial charge < -0.3 is 15.5 Å². The number of rotatable bonds is 3. The predicted molar refractivity (Wildman–Crippen MR) is 64.9 cm³/mol. The van der Waals surface area contributed by atoms with Crippen molar-refractivity contribution in [3.8, 4) is 11.6 Å². The number of aromatic nitrogens is 2. The number of aromatic amines is 1. The first-order valence-electron chi connectivity index (χ1n) is 4.89. The number of ether oxygens (including phenoxy) is 1. The highest BCUT2D eigenvalue weighted by atomic mass is 35.5. The van der Waals surface area contributed by atoms with E-state index < -0.39 is 11.5 Å². The van der Waals surface area contributed by atoms with E-state index in [4.69, 9.17) is 22.1 Å². The number of hydrogen-bond acceptors (Lipinski definition) is 4. The Morgan fingerprint density at radius 3 is 2.94 bits per heavy atom. The van der Waals surface area contributed by atoms with Gasteiger partial charge in [-0.05, 0) is 18.2 Å². The Morgan fingerprint density at radius 2 is 2.22 bits per heavy atom. The number of amides is 1. The van der Waals surface area contributed by atoms with Crippen molar-refractivity contribution < 1.29 is 9.53 Å². The van der Waals surface area contributed by atoms with Crippen molar-refractivity contribution in [3.05, 3.63) is 51.5 Å². The molecule has 18 heavy (non-hydrogen) atoms. The van der Waals surface area contributed by atoms with Crippen LogP contribution in [0.1, 0.15) is 10.4 Å². The Morgan fingerprint density at radius 1 is 1.44 bits per heavy atom. The number of nitrogens with zero attached hydrogens (tertiary/aromatic N) is 1. The van der Waals surface area contributed by atoms with Crippen molar-refractivity contribution in [2.45, 2.75) is 0 Å². The van der Waals surface area contributed by atoms with Crippen molar-refractivity contribution in [2.24, 2.45) is 5.73 Å². The molecule has 6 nitrogen and oxygen atoms in total. The van der Waals surface area contributed by atoms with Crippen LogP contribution in [0.15, 0.2) is 35.4 Å². The lowest BCUT2D eigenvalue weighted by Crippen LogP contribution is -2.11. The molecule has 0 aliphatic carbocycles. The molecule has 7 heteroatoms. The highest BCUT2D eigenvalue weighted by molar-refractivity contribution is 6.31. The summed E-state index contributed by atoms with van der Waals surface area (Å²) in [5.74, 6) is -0.307. The van der Waals surface area contributed by atoms with E-state index in [9.17, 15) is 9.59 Å². The molecule has 0 saturated heterocycles. The largest absolute Gasteiger partial charge is 0.437 e. The highest BCUT2D eigenvalue weighted by Crippen LogP contribution is 2.24. The molecule has 0 atom stereocenters. The molecule has 0 fully saturated rings. The molecule has 1 heterocycles. The summed E-state index contributed by atoms with van der Waals surface area (Å²) in [6.07, 6.45) is 1.17. The van der Waals surface area contributed by atoms with Gasteiger partial charge >= 0.3 is 0 Å². The molecule has 3 N–H and O–H groups in total. The van der Waals surface area contributed by atoms with E-state index in [1.807, 2.05) is 0 Å². The van der Waals surface area contributed by atoms with Gasteiger partial charge in [-0.15, -0.1) is 0 Å². The van der Waals surface area contributed by atoms with Gasteiger partial charge in [-0.25, -0.2) is 4.98 Å². The maximum Gasteiger partial charge on any atom is 0.273 e. The van der Waals surface area contributed by atoms with Crippen LogP contribution in [-0.4, -0.2) is 15.9 Å². The number of nitrogens with two attached hydrogens (primary N) is 1. The lowest BCUT2D eigenvalue weighted by atomic mass is 10.2. The second-order valence-electron chi connectivity index (χ2n) is 3.34. The summed E-state index contributed by atoms with van der Waals surface area (Å²) in [5.41, 5.74) is 4.92. The van der Waals surface area contributed by atoms with E-state index in [-0.39, 0.29) is 16.5 Å². The number of primary amides is 1. The maximum atomic E-state index is 11.2. The van der Waals surface area contributed by atoms with Gasteiger partial charge in [0.15, 0.2) is 5.02 Å². The minimum absolute atomic E-state index is 0.0398. The van der Waals surface area contributed by atoms with E-state index in [0.29, 0.717) is 5.75 Å². The smallest absolute Gasteiger partial charge is 0.273 e. The van der Waals surface area contributed by atoms with Crippen LogP contribution in [0.25, 0.3) is 0 Å². The molecule has 2 rings (SSSR count). The molecule has 0 aliphatic heterocycles. The van der Waals surface area contributed by atoms with Crippen LogP contribution >= 0.6 is 11.6 Å². The maximum absolute atomic E-state index is 11.2. The Balaban J connectivity index is 2.34. The number of nitrogens with one attached hydrogen (secondary N) is 1. The second kappa shape index (κ2) is 4.89. The monoisotopic (exact) mass is 265 g/mol. The summed E-state index contributed by atoms with van der Waals surface area (Å²) >= 11 is 5.72. The van der Waals surface area contributed by atoms with Gasteiger partial charge in [0.2, 0.25) is 11.8 Å². The van der Waals surface area contributed by atoms with Crippen molar-refractivity contribution in [3.63, 3.8) is 0 Å². The van der Waals surface area contributed by atoms with Crippen LogP contribution in [0, 0.1) is 0 Å². The first-order valence-corrected chi connectivity index (χ1v) is 5.26. The SMILES string of the molecule is NC(=O)c1cccc(Oc2nc[nH]c(=O)c2Cl)c1. The van der Waals surface area contributed by atoms with Crippen LogP contribution in [0.2, 0.25) is 5.02 Å². The minimum Gasteiger partial charge on any atom is -0.437 e. The van der Waals surface area contributed by atoms with Crippen molar-refractivity contribution in [1.29, 1.82) is 0 Å². The van der Waals surface area contributed by atoms with Gasteiger partial charge in [-0.1, -0.05) is 17.7 Å². The third-order valence-electron chi connectivity index (χ3n) is 2.10. The van der Waals surface area contributed by atoms with Gasteiger partial charge in [0, 0.05) is 5.56 Å². The summed E-state index contributed by atoms with van der Waals surface area (Å²) in [6.45, 7) is 0. The molecule has 0 bridgehead atoms. The fourth-order valence-corrected chi connectivity index (χ4v) is 1.40. The van der Waals surface area contributed by atoms with E-state index in [2.05, 4.69) is 9.97 Å². The Kier molecular flexibility index (Phi) is 3.29. The van der Waals surface area contributed by atoms with Gasteiger partial charge in [0.05, 0.1) is 6.33 Å². The molecule has 0 aliphatic rings. The van der Waals surface area contributed by atoms with Crippen LogP contribution < -0.4 is 16.0 Å². The number of H-pyrrole nitrogens is 1. The van der Waals surface area contributed by atoms with Crippen LogP contribution in [0.5, 0.6) is 11.6 Å². The summed E-state index contributed by atoms with van der Waals surface area (Å²) < 4.78 is 5.31. The van der Waals surface area contributed by atoms with Gasteiger partial charge in [0.1, 0.15) is 5.75 Å². The Bertz CT molecular complexity index is 654. The zero-order valence-electron chi connectivity index (χ0n) is 9.01. The highest BCUT2D eigenvalue weighted by Gasteiger charge is 2.09. The standard InChI is InChI=1S/C11H8ClN3O3/c12-8-10(17)14-5-15-11(8)18-7-3-1-2-6(4-7)9(13)16/h1-5H,(H2,13,16)(H,14,15,17). The van der Waals surface area contributed by atoms with Crippen LogP contribution in [0.4, 0.5) is 0 Å². The lowest BCUT2D eigenvalue weighted by molar-refractivity contribution is 0.1000. The van der Waals surface area contributed by atoms with E-state index in [1.54, 1.807) is 18.2 Å². The molecule has 1 aromatic heterocycles. The number of hydrogen-bond donors (Lipinski definition) is 2. The molecule has 0 unspecified atom stereocenters. The van der Waals surface area contributed by atoms with Crippen LogP contribution in [0.3, 0.4) is 0 Å². The molecular formula is C11H8ClN3O3.